The molecule has 0 radical (unpaired) electrons. The Labute approximate surface area is 179 Å². The smallest absolute Gasteiger partial charge is 0.366 e. The predicted octanol–water partition coefficient (Wildman–Crippen LogP) is -0.388. The van der Waals surface area contributed by atoms with Crippen LogP contribution in [0.5, 0.6) is 0 Å². The van der Waals surface area contributed by atoms with E-state index in [9.17, 15) is 24.0 Å². The number of rotatable bonds is 9. The molecular weight excluding hydrogens is 418 g/mol. The first kappa shape index (κ1) is 26.3. The van der Waals surface area contributed by atoms with Crippen LogP contribution in [0.4, 0.5) is 0 Å². The molecule has 1 aliphatic rings. The molecule has 12 nitrogen and oxygen atoms in total. The minimum atomic E-state index is -1.95. The van der Waals surface area contributed by atoms with E-state index < -0.39 is 59.9 Å². The lowest BCUT2D eigenvalue weighted by Crippen LogP contribution is -2.65. The number of carbonyl (C=O) groups is 5. The van der Waals surface area contributed by atoms with Crippen LogP contribution in [0.25, 0.3) is 0 Å². The summed E-state index contributed by atoms with van der Waals surface area (Å²) in [6, 6.07) is -0.926. The first-order chi connectivity index (χ1) is 14.4. The molecule has 12 heteroatoms. The number of hydrogen-bond acceptors (Lipinski definition) is 11. The summed E-state index contributed by atoms with van der Waals surface area (Å²) in [5, 5.41) is 2.63. The van der Waals surface area contributed by atoms with Crippen LogP contribution in [-0.2, 0) is 52.4 Å². The van der Waals surface area contributed by atoms with Gasteiger partial charge in [0.05, 0.1) is 25.7 Å². The third-order valence-electron chi connectivity index (χ3n) is 4.43. The predicted molar refractivity (Wildman–Crippen MR) is 101 cm³/mol. The first-order valence-corrected chi connectivity index (χ1v) is 9.50. The summed E-state index contributed by atoms with van der Waals surface area (Å²) in [5.41, 5.74) is 0. The topological polar surface area (TPSA) is 153 Å². The van der Waals surface area contributed by atoms with Gasteiger partial charge in [0, 0.05) is 41.2 Å². The third-order valence-corrected chi connectivity index (χ3v) is 4.43. The van der Waals surface area contributed by atoms with Crippen molar-refractivity contribution in [3.63, 3.8) is 0 Å². The molecule has 1 saturated heterocycles. The number of methoxy groups -OCH3 is 2. The van der Waals surface area contributed by atoms with E-state index in [-0.39, 0.29) is 19.4 Å². The van der Waals surface area contributed by atoms with Crippen molar-refractivity contribution < 1.29 is 52.4 Å². The maximum absolute atomic E-state index is 12.4. The normalized spacial score (nSPS) is 26.2. The molecule has 0 aliphatic carbocycles. The van der Waals surface area contributed by atoms with E-state index in [1.165, 1.54) is 34.8 Å². The van der Waals surface area contributed by atoms with Crippen molar-refractivity contribution in [2.75, 3.05) is 20.8 Å². The maximum atomic E-state index is 12.4. The van der Waals surface area contributed by atoms with Crippen molar-refractivity contribution in [1.29, 1.82) is 0 Å². The molecule has 5 atom stereocenters. The molecule has 1 aliphatic heterocycles. The van der Waals surface area contributed by atoms with Crippen LogP contribution >= 0.6 is 0 Å². The lowest BCUT2D eigenvalue weighted by molar-refractivity contribution is -0.292. The monoisotopic (exact) mass is 447 g/mol. The van der Waals surface area contributed by atoms with E-state index in [1.54, 1.807) is 0 Å². The molecule has 0 spiro atoms. The van der Waals surface area contributed by atoms with E-state index in [0.717, 1.165) is 7.11 Å². The zero-order valence-corrected chi connectivity index (χ0v) is 18.4. The fourth-order valence-electron chi connectivity index (χ4n) is 3.30. The molecule has 0 unspecified atom stereocenters. The standard InChI is InChI=1S/C19H29NO11/c1-10(21)20-17-15(7-14(29-12(3)23)9-28-11(2)22)31-19(27-6,18(25)26-5)8-16(17)30-13(4)24/h14-17H,7-9H2,1-6H3,(H,20,21)/t14-,15-,16-,17-,19-/m0/s1. The summed E-state index contributed by atoms with van der Waals surface area (Å²) in [5.74, 6) is -5.20. The minimum absolute atomic E-state index is 0.127. The zero-order chi connectivity index (χ0) is 23.8. The van der Waals surface area contributed by atoms with E-state index in [1.807, 2.05) is 0 Å². The number of nitrogens with one attached hydrogen (secondary N) is 1. The minimum Gasteiger partial charge on any atom is -0.465 e. The SMILES string of the molecule is COC(=O)[C@]1(OC)C[C@H](OC(C)=O)[C@@H](NC(C)=O)[C@H](C[C@@H](COC(C)=O)OC(C)=O)O1. The molecule has 1 fully saturated rings. The molecule has 1 amide bonds. The molecular formula is C19H29NO11. The summed E-state index contributed by atoms with van der Waals surface area (Å²) in [6.45, 7) is 4.49. The lowest BCUT2D eigenvalue weighted by Gasteiger charge is -2.46. The highest BCUT2D eigenvalue weighted by Gasteiger charge is 2.55. The molecule has 0 aromatic carbocycles. The number of amides is 1. The van der Waals surface area contributed by atoms with Crippen LogP contribution in [0.1, 0.15) is 40.5 Å². The summed E-state index contributed by atoms with van der Waals surface area (Å²) < 4.78 is 31.4. The number of esters is 4. The van der Waals surface area contributed by atoms with Gasteiger partial charge in [0.15, 0.2) is 0 Å². The third kappa shape index (κ3) is 7.79. The second-order valence-electron chi connectivity index (χ2n) is 6.95. The molecule has 1 rings (SSSR count). The largest absolute Gasteiger partial charge is 0.465 e. The lowest BCUT2D eigenvalue weighted by atomic mass is 9.89. The fraction of sp³-hybridized carbons (Fsp3) is 0.737. The molecule has 1 N–H and O–H groups in total. The Kier molecular flexibility index (Phi) is 9.85. The molecule has 176 valence electrons. The Morgan fingerprint density at radius 2 is 1.68 bits per heavy atom. The van der Waals surface area contributed by atoms with Gasteiger partial charge < -0.3 is 33.7 Å². The molecule has 31 heavy (non-hydrogen) atoms. The number of carbonyl (C=O) groups excluding carboxylic acids is 5. The van der Waals surface area contributed by atoms with Crippen LogP contribution in [0.3, 0.4) is 0 Å². The van der Waals surface area contributed by atoms with Crippen LogP contribution in [0.2, 0.25) is 0 Å². The summed E-state index contributed by atoms with van der Waals surface area (Å²) in [6.07, 6.45) is -3.46. The van der Waals surface area contributed by atoms with Crippen molar-refractivity contribution in [2.45, 2.75) is 70.7 Å². The zero-order valence-electron chi connectivity index (χ0n) is 18.4. The second-order valence-corrected chi connectivity index (χ2v) is 6.95. The molecule has 0 aromatic rings. The number of ether oxygens (including phenoxy) is 6. The fourth-order valence-corrected chi connectivity index (χ4v) is 3.30. The van der Waals surface area contributed by atoms with Gasteiger partial charge in [0.1, 0.15) is 18.8 Å². The van der Waals surface area contributed by atoms with E-state index in [4.69, 9.17) is 28.4 Å². The molecule has 1 heterocycles. The van der Waals surface area contributed by atoms with Crippen molar-refractivity contribution >= 4 is 29.8 Å². The van der Waals surface area contributed by atoms with E-state index >= 15 is 0 Å². The Morgan fingerprint density at radius 1 is 1.03 bits per heavy atom. The van der Waals surface area contributed by atoms with Gasteiger partial charge in [-0.25, -0.2) is 4.79 Å². The summed E-state index contributed by atoms with van der Waals surface area (Å²) in [7, 11) is 2.34. The maximum Gasteiger partial charge on any atom is 0.366 e. The molecule has 0 bridgehead atoms. The van der Waals surface area contributed by atoms with Gasteiger partial charge in [-0.3, -0.25) is 19.2 Å². The second kappa shape index (κ2) is 11.6. The van der Waals surface area contributed by atoms with Gasteiger partial charge in [-0.2, -0.15) is 0 Å². The quantitative estimate of drug-likeness (QED) is 0.363. The van der Waals surface area contributed by atoms with Gasteiger partial charge in [0.2, 0.25) is 5.91 Å². The van der Waals surface area contributed by atoms with Gasteiger partial charge in [-0.05, 0) is 0 Å². The van der Waals surface area contributed by atoms with E-state index in [0.29, 0.717) is 0 Å². The Bertz CT molecular complexity index is 694. The highest BCUT2D eigenvalue weighted by atomic mass is 16.7. The average molecular weight is 447 g/mol. The van der Waals surface area contributed by atoms with Gasteiger partial charge >= 0.3 is 23.9 Å². The van der Waals surface area contributed by atoms with Crippen LogP contribution in [-0.4, -0.2) is 80.8 Å². The van der Waals surface area contributed by atoms with Gasteiger partial charge in [0.25, 0.3) is 5.79 Å². The van der Waals surface area contributed by atoms with Crippen LogP contribution < -0.4 is 5.32 Å². The van der Waals surface area contributed by atoms with Crippen molar-refractivity contribution in [2.24, 2.45) is 0 Å². The summed E-state index contributed by atoms with van der Waals surface area (Å²) in [4.78, 5) is 58.6. The highest BCUT2D eigenvalue weighted by Crippen LogP contribution is 2.35. The van der Waals surface area contributed by atoms with Crippen LogP contribution in [0, 0.1) is 0 Å². The van der Waals surface area contributed by atoms with Gasteiger partial charge in [-0.1, -0.05) is 0 Å². The highest BCUT2D eigenvalue weighted by molar-refractivity contribution is 5.78. The van der Waals surface area contributed by atoms with Crippen molar-refractivity contribution in [3.8, 4) is 0 Å². The number of hydrogen-bond donors (Lipinski definition) is 1. The van der Waals surface area contributed by atoms with Gasteiger partial charge in [-0.15, -0.1) is 0 Å². The first-order valence-electron chi connectivity index (χ1n) is 9.50. The average Bonchev–Trinajstić information content (AvgIpc) is 2.66. The molecule has 0 saturated carbocycles. The summed E-state index contributed by atoms with van der Waals surface area (Å²) >= 11 is 0. The Hall–Kier alpha value is -2.73. The van der Waals surface area contributed by atoms with Crippen molar-refractivity contribution in [3.05, 3.63) is 0 Å². The Morgan fingerprint density at radius 3 is 2.13 bits per heavy atom. The van der Waals surface area contributed by atoms with E-state index in [2.05, 4.69) is 5.32 Å². The van der Waals surface area contributed by atoms with Crippen molar-refractivity contribution in [1.82, 2.24) is 5.32 Å². The Balaban J connectivity index is 3.33. The van der Waals surface area contributed by atoms with Crippen LogP contribution in [0.15, 0.2) is 0 Å². The molecule has 0 aromatic heterocycles.